The molecule has 78 valence electrons. The Bertz CT molecular complexity index is 324. The number of hydrogen-bond donors (Lipinski definition) is 1. The van der Waals surface area contributed by atoms with E-state index in [9.17, 15) is 4.79 Å². The fourth-order valence-electron chi connectivity index (χ4n) is 1.08. The summed E-state index contributed by atoms with van der Waals surface area (Å²) in [5.41, 5.74) is 0. The fourth-order valence-corrected chi connectivity index (χ4v) is 1.81. The first-order valence-corrected chi connectivity index (χ1v) is 5.38. The second kappa shape index (κ2) is 4.99. The van der Waals surface area contributed by atoms with Crippen LogP contribution in [-0.4, -0.2) is 31.6 Å². The third kappa shape index (κ3) is 2.73. The lowest BCUT2D eigenvalue weighted by atomic mass is 10.5. The summed E-state index contributed by atoms with van der Waals surface area (Å²) in [7, 11) is 0. The summed E-state index contributed by atoms with van der Waals surface area (Å²) in [6, 6.07) is 0. The third-order valence-corrected chi connectivity index (χ3v) is 2.63. The van der Waals surface area contributed by atoms with E-state index in [1.54, 1.807) is 0 Å². The van der Waals surface area contributed by atoms with Crippen LogP contribution in [0.1, 0.15) is 19.2 Å². The Morgan fingerprint density at radius 2 is 2.29 bits per heavy atom. The van der Waals surface area contributed by atoms with Crippen LogP contribution in [0.5, 0.6) is 0 Å². The van der Waals surface area contributed by atoms with Gasteiger partial charge in [-0.2, -0.15) is 0 Å². The van der Waals surface area contributed by atoms with Gasteiger partial charge in [0.05, 0.1) is 5.75 Å². The van der Waals surface area contributed by atoms with E-state index in [0.29, 0.717) is 5.16 Å². The van der Waals surface area contributed by atoms with E-state index < -0.39 is 5.97 Å². The summed E-state index contributed by atoms with van der Waals surface area (Å²) in [6.45, 7) is 4.76. The van der Waals surface area contributed by atoms with E-state index >= 15 is 0 Å². The Morgan fingerprint density at radius 3 is 2.86 bits per heavy atom. The van der Waals surface area contributed by atoms with Crippen LogP contribution < -0.4 is 0 Å². The van der Waals surface area contributed by atoms with E-state index in [1.807, 2.05) is 11.5 Å². The second-order valence-corrected chi connectivity index (χ2v) is 3.81. The van der Waals surface area contributed by atoms with Gasteiger partial charge in [0, 0.05) is 6.54 Å². The normalized spacial score (nSPS) is 10.4. The molecule has 0 spiro atoms. The van der Waals surface area contributed by atoms with Gasteiger partial charge in [-0.3, -0.25) is 4.79 Å². The highest BCUT2D eigenvalue weighted by atomic mass is 32.2. The lowest BCUT2D eigenvalue weighted by molar-refractivity contribution is -0.133. The van der Waals surface area contributed by atoms with E-state index in [1.165, 1.54) is 11.8 Å². The number of carboxylic acid groups (broad SMARTS) is 1. The zero-order valence-corrected chi connectivity index (χ0v) is 9.04. The molecular weight excluding hydrogens is 202 g/mol. The highest BCUT2D eigenvalue weighted by Gasteiger charge is 2.09. The van der Waals surface area contributed by atoms with Crippen molar-refractivity contribution in [2.45, 2.75) is 32.0 Å². The molecular formula is C8H13N3O2S. The smallest absolute Gasteiger partial charge is 0.313 e. The van der Waals surface area contributed by atoms with E-state index in [0.717, 1.165) is 18.8 Å². The van der Waals surface area contributed by atoms with Crippen LogP contribution in [0.4, 0.5) is 0 Å². The molecule has 1 N–H and O–H groups in total. The number of nitrogens with zero attached hydrogens (tertiary/aromatic N) is 3. The van der Waals surface area contributed by atoms with Crippen molar-refractivity contribution in [1.82, 2.24) is 14.8 Å². The monoisotopic (exact) mass is 215 g/mol. The highest BCUT2D eigenvalue weighted by Crippen LogP contribution is 2.16. The molecule has 1 rings (SSSR count). The van der Waals surface area contributed by atoms with E-state index in [2.05, 4.69) is 17.1 Å². The maximum atomic E-state index is 10.4. The summed E-state index contributed by atoms with van der Waals surface area (Å²) < 4.78 is 1.94. The minimum absolute atomic E-state index is 0.0296. The van der Waals surface area contributed by atoms with Gasteiger partial charge in [-0.25, -0.2) is 0 Å². The maximum absolute atomic E-state index is 10.4. The van der Waals surface area contributed by atoms with E-state index in [4.69, 9.17) is 5.11 Å². The van der Waals surface area contributed by atoms with Crippen molar-refractivity contribution in [1.29, 1.82) is 0 Å². The standard InChI is InChI=1S/C8H13N3O2S/c1-3-4-11-6(2)9-10-8(11)14-5-7(12)13/h3-5H2,1-2H3,(H,12,13). The van der Waals surface area contributed by atoms with Gasteiger partial charge in [0.2, 0.25) is 0 Å². The lowest BCUT2D eigenvalue weighted by Crippen LogP contribution is -2.04. The number of hydrogen-bond acceptors (Lipinski definition) is 4. The van der Waals surface area contributed by atoms with Gasteiger partial charge < -0.3 is 9.67 Å². The SMILES string of the molecule is CCCn1c(C)nnc1SCC(=O)O. The molecule has 6 heteroatoms. The topological polar surface area (TPSA) is 68.0 Å². The van der Waals surface area contributed by atoms with Crippen molar-refractivity contribution < 1.29 is 9.90 Å². The highest BCUT2D eigenvalue weighted by molar-refractivity contribution is 7.99. The van der Waals surface area contributed by atoms with Gasteiger partial charge >= 0.3 is 5.97 Å². The molecule has 0 saturated heterocycles. The predicted molar refractivity (Wildman–Crippen MR) is 53.4 cm³/mol. The molecule has 0 fully saturated rings. The van der Waals surface area contributed by atoms with Crippen LogP contribution >= 0.6 is 11.8 Å². The quantitative estimate of drug-likeness (QED) is 0.747. The second-order valence-electron chi connectivity index (χ2n) is 2.86. The molecule has 0 aliphatic carbocycles. The lowest BCUT2D eigenvalue weighted by Gasteiger charge is -2.04. The molecule has 0 saturated carbocycles. The van der Waals surface area contributed by atoms with Crippen LogP contribution in [0.25, 0.3) is 0 Å². The van der Waals surface area contributed by atoms with Gasteiger partial charge in [-0.1, -0.05) is 18.7 Å². The van der Waals surface area contributed by atoms with Crippen LogP contribution in [0, 0.1) is 6.92 Å². The largest absolute Gasteiger partial charge is 0.481 e. The first-order valence-electron chi connectivity index (χ1n) is 4.39. The Hall–Kier alpha value is -1.04. The number of carboxylic acids is 1. The van der Waals surface area contributed by atoms with Gasteiger partial charge in [0.1, 0.15) is 5.82 Å². The van der Waals surface area contributed by atoms with Gasteiger partial charge in [0.15, 0.2) is 5.16 Å². The Kier molecular flexibility index (Phi) is 3.94. The fraction of sp³-hybridized carbons (Fsp3) is 0.625. The minimum Gasteiger partial charge on any atom is -0.481 e. The summed E-state index contributed by atoms with van der Waals surface area (Å²) in [5.74, 6) is 0.0282. The Morgan fingerprint density at radius 1 is 1.57 bits per heavy atom. The zero-order chi connectivity index (χ0) is 10.6. The average molecular weight is 215 g/mol. The van der Waals surface area contributed by atoms with Crippen molar-refractivity contribution in [2.24, 2.45) is 0 Å². The predicted octanol–water partition coefficient (Wildman–Crippen LogP) is 1.17. The number of thioether (sulfide) groups is 1. The number of carbonyl (C=O) groups is 1. The molecule has 1 aromatic rings. The molecule has 0 atom stereocenters. The molecule has 0 radical (unpaired) electrons. The summed E-state index contributed by atoms with van der Waals surface area (Å²) in [5, 5.41) is 17.0. The summed E-state index contributed by atoms with van der Waals surface area (Å²) in [6.07, 6.45) is 0.986. The van der Waals surface area contributed by atoms with Crippen LogP contribution in [-0.2, 0) is 11.3 Å². The molecule has 0 unspecified atom stereocenters. The van der Waals surface area contributed by atoms with Crippen LogP contribution in [0.3, 0.4) is 0 Å². The van der Waals surface area contributed by atoms with Crippen molar-refractivity contribution in [3.05, 3.63) is 5.82 Å². The molecule has 0 aliphatic heterocycles. The maximum Gasteiger partial charge on any atom is 0.313 e. The first-order chi connectivity index (χ1) is 6.65. The number of aliphatic carboxylic acids is 1. The molecule has 1 heterocycles. The van der Waals surface area contributed by atoms with Crippen molar-refractivity contribution in [2.75, 3.05) is 5.75 Å². The summed E-state index contributed by atoms with van der Waals surface area (Å²) >= 11 is 1.21. The van der Waals surface area contributed by atoms with Crippen LogP contribution in [0.2, 0.25) is 0 Å². The molecule has 0 aromatic carbocycles. The van der Waals surface area contributed by atoms with Crippen molar-refractivity contribution in [3.8, 4) is 0 Å². The van der Waals surface area contributed by atoms with Crippen molar-refractivity contribution in [3.63, 3.8) is 0 Å². The summed E-state index contributed by atoms with van der Waals surface area (Å²) in [4.78, 5) is 10.4. The molecule has 0 amide bonds. The van der Waals surface area contributed by atoms with E-state index in [-0.39, 0.29) is 5.75 Å². The Labute approximate surface area is 86.5 Å². The molecule has 5 nitrogen and oxygen atoms in total. The van der Waals surface area contributed by atoms with Gasteiger partial charge in [0.25, 0.3) is 0 Å². The molecule has 1 aromatic heterocycles. The zero-order valence-electron chi connectivity index (χ0n) is 8.23. The molecule has 0 aliphatic rings. The minimum atomic E-state index is -0.835. The first kappa shape index (κ1) is 11.0. The Balaban J connectivity index is 2.70. The number of aromatic nitrogens is 3. The van der Waals surface area contributed by atoms with Gasteiger partial charge in [-0.05, 0) is 13.3 Å². The third-order valence-electron chi connectivity index (χ3n) is 1.67. The van der Waals surface area contributed by atoms with Gasteiger partial charge in [-0.15, -0.1) is 10.2 Å². The molecule has 0 bridgehead atoms. The average Bonchev–Trinajstić information content (AvgIpc) is 2.46. The molecule has 14 heavy (non-hydrogen) atoms. The number of aryl methyl sites for hydroxylation is 1. The number of rotatable bonds is 5. The van der Waals surface area contributed by atoms with Crippen LogP contribution in [0.15, 0.2) is 5.16 Å². The van der Waals surface area contributed by atoms with Crippen molar-refractivity contribution >= 4 is 17.7 Å².